The molecule has 1 aliphatic heterocycles. The second-order valence-corrected chi connectivity index (χ2v) is 8.32. The van der Waals surface area contributed by atoms with Crippen molar-refractivity contribution in [3.63, 3.8) is 0 Å². The van der Waals surface area contributed by atoms with Gasteiger partial charge in [-0.2, -0.15) is 13.2 Å². The zero-order valence-corrected chi connectivity index (χ0v) is 19.8. The molecule has 184 valence electrons. The summed E-state index contributed by atoms with van der Waals surface area (Å²) in [5.74, 6) is 0.571. The fourth-order valence-corrected chi connectivity index (χ4v) is 4.09. The predicted molar refractivity (Wildman–Crippen MR) is 124 cm³/mol. The molecule has 0 aliphatic carbocycles. The first-order chi connectivity index (χ1) is 15.3. The number of ether oxygens (including phenoxy) is 2. The number of benzene rings is 2. The molecule has 2 aromatic rings. The first-order valence-corrected chi connectivity index (χ1v) is 11.3. The van der Waals surface area contributed by atoms with Crippen LogP contribution in [0.2, 0.25) is 0 Å². The van der Waals surface area contributed by atoms with Gasteiger partial charge in [-0.15, -0.1) is 12.4 Å². The highest BCUT2D eigenvalue weighted by molar-refractivity contribution is 5.85. The van der Waals surface area contributed by atoms with Gasteiger partial charge in [0.05, 0.1) is 12.7 Å². The summed E-state index contributed by atoms with van der Waals surface area (Å²) >= 11 is 0. The van der Waals surface area contributed by atoms with Gasteiger partial charge >= 0.3 is 6.18 Å². The third-order valence-electron chi connectivity index (χ3n) is 5.94. The lowest BCUT2D eigenvalue weighted by Crippen LogP contribution is -2.33. The summed E-state index contributed by atoms with van der Waals surface area (Å²) in [6.45, 7) is 2.31. The van der Waals surface area contributed by atoms with Gasteiger partial charge in [0.15, 0.2) is 0 Å². The average Bonchev–Trinajstić information content (AvgIpc) is 2.76. The minimum atomic E-state index is -4.56. The van der Waals surface area contributed by atoms with E-state index in [1.54, 1.807) is 7.11 Å². The summed E-state index contributed by atoms with van der Waals surface area (Å²) in [4.78, 5) is 0. The number of methoxy groups -OCH3 is 1. The molecule has 2 atom stereocenters. The van der Waals surface area contributed by atoms with E-state index >= 15 is 0 Å². The molecule has 3 nitrogen and oxygen atoms in total. The molecule has 0 bridgehead atoms. The van der Waals surface area contributed by atoms with Crippen molar-refractivity contribution in [1.82, 2.24) is 5.32 Å². The van der Waals surface area contributed by atoms with Crippen LogP contribution in [0.25, 0.3) is 0 Å². The molecular formula is C25H32ClF4NO2. The molecule has 1 aliphatic rings. The second kappa shape index (κ2) is 12.5. The summed E-state index contributed by atoms with van der Waals surface area (Å²) in [5, 5.41) is 3.33. The molecule has 8 heteroatoms. The highest BCUT2D eigenvalue weighted by atomic mass is 35.5. The number of hydrogen-bond acceptors (Lipinski definition) is 3. The van der Waals surface area contributed by atoms with Crippen LogP contribution in [-0.4, -0.2) is 13.2 Å². The van der Waals surface area contributed by atoms with Crippen molar-refractivity contribution in [2.45, 2.75) is 76.7 Å². The zero-order chi connectivity index (χ0) is 23.1. The number of hydrogen-bond donors (Lipinski definition) is 1. The minimum Gasteiger partial charge on any atom is -0.497 e. The van der Waals surface area contributed by atoms with Crippen LogP contribution in [0.1, 0.15) is 74.6 Å². The molecule has 33 heavy (non-hydrogen) atoms. The van der Waals surface area contributed by atoms with Crippen LogP contribution in [0.3, 0.4) is 0 Å². The smallest absolute Gasteiger partial charge is 0.416 e. The molecule has 0 saturated carbocycles. The molecule has 3 rings (SSSR count). The van der Waals surface area contributed by atoms with E-state index in [0.29, 0.717) is 11.8 Å². The van der Waals surface area contributed by atoms with E-state index in [2.05, 4.69) is 12.2 Å². The normalized spacial score (nSPS) is 17.6. The third kappa shape index (κ3) is 7.51. The standard InChI is InChI=1S/C25H31F4NO2.ClH/c1-3-4-5-6-7-8-20-14-23(21-12-11-19(31-2)15-24(21)32-20)30-16-17-9-10-18(13-22(17)26)25(27,28)29;/h9-13,15,20,23,30H,3-8,14,16H2,1-2H3;1H. The first kappa shape index (κ1) is 27.3. The maximum Gasteiger partial charge on any atom is 0.416 e. The van der Waals surface area contributed by atoms with Gasteiger partial charge < -0.3 is 14.8 Å². The van der Waals surface area contributed by atoms with Crippen molar-refractivity contribution in [1.29, 1.82) is 0 Å². The fraction of sp³-hybridized carbons (Fsp3) is 0.520. The van der Waals surface area contributed by atoms with Gasteiger partial charge in [0, 0.05) is 36.2 Å². The molecule has 0 fully saturated rings. The molecule has 1 N–H and O–H groups in total. The zero-order valence-electron chi connectivity index (χ0n) is 19.0. The number of alkyl halides is 3. The topological polar surface area (TPSA) is 30.5 Å². The van der Waals surface area contributed by atoms with Gasteiger partial charge in [0.1, 0.15) is 23.4 Å². The monoisotopic (exact) mass is 489 g/mol. The Morgan fingerprint density at radius 2 is 1.82 bits per heavy atom. The van der Waals surface area contributed by atoms with Crippen LogP contribution in [0.5, 0.6) is 11.5 Å². The van der Waals surface area contributed by atoms with Crippen molar-refractivity contribution >= 4 is 12.4 Å². The highest BCUT2D eigenvalue weighted by Crippen LogP contribution is 2.39. The van der Waals surface area contributed by atoms with Crippen LogP contribution in [0, 0.1) is 5.82 Å². The van der Waals surface area contributed by atoms with Gasteiger partial charge in [0.25, 0.3) is 0 Å². The molecule has 0 saturated heterocycles. The van der Waals surface area contributed by atoms with Crippen LogP contribution in [0.15, 0.2) is 36.4 Å². The predicted octanol–water partition coefficient (Wildman–Crippen LogP) is 7.62. The fourth-order valence-electron chi connectivity index (χ4n) is 4.09. The lowest BCUT2D eigenvalue weighted by molar-refractivity contribution is -0.137. The van der Waals surface area contributed by atoms with Crippen molar-refractivity contribution in [3.8, 4) is 11.5 Å². The number of fused-ring (bicyclic) bond motifs is 1. The van der Waals surface area contributed by atoms with Crippen LogP contribution in [0.4, 0.5) is 17.6 Å². The quantitative estimate of drug-likeness (QED) is 0.275. The number of halogens is 5. The third-order valence-corrected chi connectivity index (χ3v) is 5.94. The molecule has 2 aromatic carbocycles. The lowest BCUT2D eigenvalue weighted by atomic mass is 9.93. The Hall–Kier alpha value is -1.99. The van der Waals surface area contributed by atoms with Gasteiger partial charge in [-0.3, -0.25) is 0 Å². The SMILES string of the molecule is CCCCCCCC1CC(NCc2ccc(C(F)(F)F)cc2F)c2ccc(OC)cc2O1.Cl. The first-order valence-electron chi connectivity index (χ1n) is 11.3. The number of nitrogens with one attached hydrogen (secondary N) is 1. The van der Waals surface area contributed by atoms with Crippen LogP contribution in [-0.2, 0) is 12.7 Å². The molecule has 0 spiro atoms. The Bertz CT molecular complexity index is 891. The average molecular weight is 490 g/mol. The lowest BCUT2D eigenvalue weighted by Gasteiger charge is -2.33. The van der Waals surface area contributed by atoms with Gasteiger partial charge in [-0.25, -0.2) is 4.39 Å². The summed E-state index contributed by atoms with van der Waals surface area (Å²) in [6, 6.07) is 8.21. The van der Waals surface area contributed by atoms with E-state index in [1.165, 1.54) is 25.3 Å². The Morgan fingerprint density at radius 1 is 1.06 bits per heavy atom. The Labute approximate surface area is 199 Å². The summed E-state index contributed by atoms with van der Waals surface area (Å²) in [7, 11) is 1.60. The van der Waals surface area contributed by atoms with Crippen molar-refractivity contribution in [2.24, 2.45) is 0 Å². The molecule has 2 unspecified atom stereocenters. The largest absolute Gasteiger partial charge is 0.497 e. The highest BCUT2D eigenvalue weighted by Gasteiger charge is 2.32. The Kier molecular flexibility index (Phi) is 10.3. The van der Waals surface area contributed by atoms with E-state index in [0.717, 1.165) is 43.1 Å². The van der Waals surface area contributed by atoms with E-state index in [9.17, 15) is 17.6 Å². The maximum absolute atomic E-state index is 14.3. The van der Waals surface area contributed by atoms with Crippen molar-refractivity contribution < 1.29 is 27.0 Å². The molecule has 0 amide bonds. The number of unbranched alkanes of at least 4 members (excludes halogenated alkanes) is 4. The van der Waals surface area contributed by atoms with Gasteiger partial charge in [0.2, 0.25) is 0 Å². The summed E-state index contributed by atoms with van der Waals surface area (Å²) < 4.78 is 64.3. The molecule has 0 aromatic heterocycles. The van der Waals surface area contributed by atoms with E-state index in [-0.39, 0.29) is 36.7 Å². The minimum absolute atomic E-state index is 0. The molecule has 1 heterocycles. The molecular weight excluding hydrogens is 458 g/mol. The Morgan fingerprint density at radius 3 is 2.48 bits per heavy atom. The second-order valence-electron chi connectivity index (χ2n) is 8.32. The Balaban J connectivity index is 0.00000385. The van der Waals surface area contributed by atoms with E-state index in [1.807, 2.05) is 18.2 Å². The van der Waals surface area contributed by atoms with Crippen molar-refractivity contribution in [3.05, 3.63) is 58.9 Å². The molecule has 0 radical (unpaired) electrons. The summed E-state index contributed by atoms with van der Waals surface area (Å²) in [6.07, 6.45) is 2.97. The van der Waals surface area contributed by atoms with Gasteiger partial charge in [-0.05, 0) is 31.0 Å². The van der Waals surface area contributed by atoms with Crippen LogP contribution < -0.4 is 14.8 Å². The van der Waals surface area contributed by atoms with Crippen molar-refractivity contribution in [2.75, 3.05) is 7.11 Å². The summed E-state index contributed by atoms with van der Waals surface area (Å²) in [5.41, 5.74) is 0.168. The van der Waals surface area contributed by atoms with Gasteiger partial charge in [-0.1, -0.05) is 44.7 Å². The maximum atomic E-state index is 14.3. The van der Waals surface area contributed by atoms with E-state index in [4.69, 9.17) is 9.47 Å². The number of rotatable bonds is 10. The van der Waals surface area contributed by atoms with Crippen LogP contribution >= 0.6 is 12.4 Å². The van der Waals surface area contributed by atoms with E-state index < -0.39 is 17.6 Å².